The average Bonchev–Trinajstić information content (AvgIpc) is 2.29. The molecule has 18 heavy (non-hydrogen) atoms. The van der Waals surface area contributed by atoms with Gasteiger partial charge in [0.1, 0.15) is 0 Å². The van der Waals surface area contributed by atoms with E-state index in [0.717, 1.165) is 0 Å². The minimum absolute atomic E-state index is 0.0519. The molecule has 0 aromatic heterocycles. The second-order valence-corrected chi connectivity index (χ2v) is 8.96. The molecule has 2 unspecified atom stereocenters. The first-order valence-electron chi connectivity index (χ1n) is 5.23. The zero-order valence-electron chi connectivity index (χ0n) is 9.62. The van der Waals surface area contributed by atoms with E-state index in [0.29, 0.717) is 9.37 Å². The zero-order chi connectivity index (χ0) is 13.6. The Hall–Kier alpha value is -0.692. The molecule has 0 saturated heterocycles. The molecular formula is C12H14AsClO4. The van der Waals surface area contributed by atoms with Crippen molar-refractivity contribution in [3.63, 3.8) is 0 Å². The zero-order valence-corrected chi connectivity index (χ0v) is 12.3. The molecule has 2 N–H and O–H groups in total. The fourth-order valence-electron chi connectivity index (χ4n) is 1.37. The predicted molar refractivity (Wildman–Crippen MR) is 70.2 cm³/mol. The standard InChI is InChI=1S/C12H14AsClO4/c1-2-7-18-9-12(15)8-13(16,17)10-3-5-11(14)6-4-10/h1,3-6,12,15H,7-9H2,(H,16,17). The van der Waals surface area contributed by atoms with Crippen molar-refractivity contribution in [3.05, 3.63) is 29.3 Å². The minimum atomic E-state index is -4.28. The van der Waals surface area contributed by atoms with E-state index in [-0.39, 0.29) is 18.4 Å². The summed E-state index contributed by atoms with van der Waals surface area (Å²) in [6.45, 7) is 0.0180. The summed E-state index contributed by atoms with van der Waals surface area (Å²) in [5.74, 6) is 2.25. The van der Waals surface area contributed by atoms with Gasteiger partial charge in [0.2, 0.25) is 0 Å². The number of aliphatic hydroxyl groups excluding tert-OH is 1. The van der Waals surface area contributed by atoms with Crippen LogP contribution in [0.2, 0.25) is 10.2 Å². The number of halogens is 1. The monoisotopic (exact) mass is 332 g/mol. The van der Waals surface area contributed by atoms with Crippen LogP contribution >= 0.6 is 11.6 Å². The summed E-state index contributed by atoms with van der Waals surface area (Å²) in [4.78, 5) is 0. The Kier molecular flexibility index (Phi) is 6.01. The van der Waals surface area contributed by atoms with E-state index in [1.165, 1.54) is 12.1 Å². The van der Waals surface area contributed by atoms with Crippen molar-refractivity contribution in [1.82, 2.24) is 0 Å². The van der Waals surface area contributed by atoms with E-state index >= 15 is 0 Å². The van der Waals surface area contributed by atoms with Crippen molar-refractivity contribution >= 4 is 29.8 Å². The maximum absolute atomic E-state index is 12.1. The summed E-state index contributed by atoms with van der Waals surface area (Å²) < 4.78 is 27.2. The first kappa shape index (κ1) is 15.4. The van der Waals surface area contributed by atoms with Crippen molar-refractivity contribution in [2.24, 2.45) is 0 Å². The van der Waals surface area contributed by atoms with Gasteiger partial charge in [-0.15, -0.1) is 0 Å². The predicted octanol–water partition coefficient (Wildman–Crippen LogP) is 0.423. The third kappa shape index (κ3) is 4.89. The normalized spacial score (nSPS) is 15.7. The SMILES string of the molecule is C#CCOCC(O)C[As](=O)(O)c1ccc(Cl)cc1. The number of hydrogen-bond donors (Lipinski definition) is 2. The summed E-state index contributed by atoms with van der Waals surface area (Å²) in [5.41, 5.74) is 0. The Balaban J connectivity index is 2.61. The van der Waals surface area contributed by atoms with Crippen LogP contribution in [-0.4, -0.2) is 42.4 Å². The molecule has 0 bridgehead atoms. The molecule has 98 valence electrons. The van der Waals surface area contributed by atoms with Crippen molar-refractivity contribution < 1.29 is 17.7 Å². The van der Waals surface area contributed by atoms with E-state index in [1.807, 2.05) is 0 Å². The molecule has 0 fully saturated rings. The summed E-state index contributed by atoms with van der Waals surface area (Å²) in [6.07, 6.45) is 3.97. The van der Waals surface area contributed by atoms with E-state index in [2.05, 4.69) is 5.92 Å². The fraction of sp³-hybridized carbons (Fsp3) is 0.333. The Morgan fingerprint density at radius 3 is 2.61 bits per heavy atom. The van der Waals surface area contributed by atoms with E-state index in [9.17, 15) is 12.9 Å². The van der Waals surface area contributed by atoms with Crippen LogP contribution in [0.3, 0.4) is 0 Å². The Bertz CT molecular complexity index is 466. The van der Waals surface area contributed by atoms with Gasteiger partial charge in [0.05, 0.1) is 0 Å². The second kappa shape index (κ2) is 7.03. The van der Waals surface area contributed by atoms with E-state index in [4.69, 9.17) is 22.8 Å². The van der Waals surface area contributed by atoms with Crippen molar-refractivity contribution in [2.75, 3.05) is 13.2 Å². The Morgan fingerprint density at radius 1 is 1.44 bits per heavy atom. The number of rotatable bonds is 6. The summed E-state index contributed by atoms with van der Waals surface area (Å²) >= 11 is 1.42. The molecule has 1 rings (SSSR count). The number of benzene rings is 1. The summed E-state index contributed by atoms with van der Waals surface area (Å²) in [6, 6.07) is 6.08. The molecule has 0 aliphatic heterocycles. The van der Waals surface area contributed by atoms with Gasteiger partial charge in [-0.1, -0.05) is 0 Å². The van der Waals surface area contributed by atoms with Crippen LogP contribution in [0.5, 0.6) is 0 Å². The molecule has 0 saturated carbocycles. The Labute approximate surface area is 114 Å². The first-order valence-corrected chi connectivity index (χ1v) is 9.48. The van der Waals surface area contributed by atoms with Crippen LogP contribution in [0.4, 0.5) is 0 Å². The molecule has 0 spiro atoms. The molecule has 4 nitrogen and oxygen atoms in total. The Morgan fingerprint density at radius 2 is 2.06 bits per heavy atom. The van der Waals surface area contributed by atoms with Gasteiger partial charge < -0.3 is 0 Å². The van der Waals surface area contributed by atoms with Gasteiger partial charge in [-0.25, -0.2) is 0 Å². The molecule has 0 heterocycles. The molecule has 0 amide bonds. The van der Waals surface area contributed by atoms with Crippen LogP contribution < -0.4 is 4.35 Å². The number of aliphatic hydroxyl groups is 1. The van der Waals surface area contributed by atoms with E-state index in [1.54, 1.807) is 12.1 Å². The van der Waals surface area contributed by atoms with Crippen LogP contribution in [0.25, 0.3) is 0 Å². The quantitative estimate of drug-likeness (QED) is 0.450. The van der Waals surface area contributed by atoms with Gasteiger partial charge in [-0.05, 0) is 0 Å². The molecule has 1 aromatic rings. The van der Waals surface area contributed by atoms with Gasteiger partial charge in [0.25, 0.3) is 0 Å². The van der Waals surface area contributed by atoms with Gasteiger partial charge >= 0.3 is 114 Å². The maximum atomic E-state index is 12.1. The van der Waals surface area contributed by atoms with Gasteiger partial charge in [0.15, 0.2) is 0 Å². The average molecular weight is 333 g/mol. The van der Waals surface area contributed by atoms with Gasteiger partial charge in [-0.3, -0.25) is 0 Å². The topological polar surface area (TPSA) is 66.8 Å². The third-order valence-electron chi connectivity index (χ3n) is 2.18. The fourth-order valence-corrected chi connectivity index (χ4v) is 4.65. The molecule has 0 aliphatic carbocycles. The van der Waals surface area contributed by atoms with Gasteiger partial charge in [-0.2, -0.15) is 0 Å². The van der Waals surface area contributed by atoms with Gasteiger partial charge in [0, 0.05) is 0 Å². The number of hydrogen-bond acceptors (Lipinski definition) is 3. The first-order chi connectivity index (χ1) is 8.45. The van der Waals surface area contributed by atoms with Crippen molar-refractivity contribution in [1.29, 1.82) is 0 Å². The second-order valence-electron chi connectivity index (χ2n) is 3.73. The number of terminal acetylenes is 1. The van der Waals surface area contributed by atoms with Crippen molar-refractivity contribution in [3.8, 4) is 12.3 Å². The van der Waals surface area contributed by atoms with Crippen LogP contribution in [0, 0.1) is 12.3 Å². The van der Waals surface area contributed by atoms with E-state index < -0.39 is 19.9 Å². The van der Waals surface area contributed by atoms with Crippen LogP contribution in [-0.2, 0) is 8.48 Å². The van der Waals surface area contributed by atoms with Crippen LogP contribution in [0.1, 0.15) is 0 Å². The molecule has 2 atom stereocenters. The summed E-state index contributed by atoms with van der Waals surface area (Å²) in [7, 11) is 0. The van der Waals surface area contributed by atoms with Crippen molar-refractivity contribution in [2.45, 2.75) is 11.3 Å². The summed E-state index contributed by atoms with van der Waals surface area (Å²) in [5, 5.41) is 9.87. The van der Waals surface area contributed by atoms with Crippen LogP contribution in [0.15, 0.2) is 24.3 Å². The molecule has 0 aliphatic rings. The molecule has 1 aromatic carbocycles. The molecule has 6 heteroatoms. The molecular weight excluding hydrogens is 319 g/mol. The molecule has 0 radical (unpaired) electrons. The number of ether oxygens (including phenoxy) is 1. The third-order valence-corrected chi connectivity index (χ3v) is 6.68.